The lowest BCUT2D eigenvalue weighted by Crippen LogP contribution is -2.42. The summed E-state index contributed by atoms with van der Waals surface area (Å²) in [6, 6.07) is 5.13. The lowest BCUT2D eigenvalue weighted by Gasteiger charge is -2.29. The number of hydrogen-bond acceptors (Lipinski definition) is 3. The molecule has 0 bridgehead atoms. The van der Waals surface area contributed by atoms with Crippen LogP contribution in [0.4, 0.5) is 13.2 Å². The van der Waals surface area contributed by atoms with Crippen LogP contribution in [0.3, 0.4) is 0 Å². The number of alkyl halides is 3. The Morgan fingerprint density at radius 3 is 2.62 bits per heavy atom. The highest BCUT2D eigenvalue weighted by molar-refractivity contribution is 5.79. The van der Waals surface area contributed by atoms with Gasteiger partial charge in [0, 0.05) is 26.1 Å². The molecule has 0 unspecified atom stereocenters. The zero-order valence-corrected chi connectivity index (χ0v) is 14.6. The summed E-state index contributed by atoms with van der Waals surface area (Å²) in [5.74, 6) is -1.33. The van der Waals surface area contributed by atoms with Gasteiger partial charge in [-0.25, -0.2) is 0 Å². The molecule has 1 heterocycles. The normalized spacial score (nSPS) is 19.0. The minimum Gasteiger partial charge on any atom is -0.480 e. The average molecular weight is 372 g/mol. The lowest BCUT2D eigenvalue weighted by atomic mass is 10.1. The third-order valence-electron chi connectivity index (χ3n) is 4.60. The summed E-state index contributed by atoms with van der Waals surface area (Å²) in [6.45, 7) is 2.73. The number of carbonyl (C=O) groups excluding carboxylic acids is 1. The number of benzene rings is 1. The Hall–Kier alpha value is -2.09. The van der Waals surface area contributed by atoms with E-state index in [0.29, 0.717) is 38.0 Å². The summed E-state index contributed by atoms with van der Waals surface area (Å²) < 4.78 is 38.5. The van der Waals surface area contributed by atoms with Crippen LogP contribution in [0.25, 0.3) is 0 Å². The number of carbonyl (C=O) groups is 2. The largest absolute Gasteiger partial charge is 0.480 e. The molecular formula is C18H23F3N2O3. The van der Waals surface area contributed by atoms with E-state index in [9.17, 15) is 22.8 Å². The van der Waals surface area contributed by atoms with Crippen LogP contribution >= 0.6 is 0 Å². The van der Waals surface area contributed by atoms with Gasteiger partial charge in [-0.2, -0.15) is 13.2 Å². The fraction of sp³-hybridized carbons (Fsp3) is 0.556. The number of rotatable bonds is 5. The topological polar surface area (TPSA) is 60.9 Å². The molecule has 0 aromatic heterocycles. The van der Waals surface area contributed by atoms with Crippen molar-refractivity contribution in [1.29, 1.82) is 0 Å². The van der Waals surface area contributed by atoms with Crippen molar-refractivity contribution in [1.82, 2.24) is 9.80 Å². The number of hydrogen-bond donors (Lipinski definition) is 1. The molecule has 0 saturated carbocycles. The minimum absolute atomic E-state index is 0.157. The Morgan fingerprint density at radius 1 is 1.27 bits per heavy atom. The second-order valence-electron chi connectivity index (χ2n) is 6.60. The van der Waals surface area contributed by atoms with E-state index >= 15 is 0 Å². The second kappa shape index (κ2) is 8.53. The summed E-state index contributed by atoms with van der Waals surface area (Å²) in [5, 5.41) is 8.98. The van der Waals surface area contributed by atoms with Crippen LogP contribution in [-0.2, 0) is 22.3 Å². The van der Waals surface area contributed by atoms with Gasteiger partial charge in [0.05, 0.1) is 5.56 Å². The molecule has 8 heteroatoms. The van der Waals surface area contributed by atoms with Crippen LogP contribution in [-0.4, -0.2) is 52.5 Å². The molecule has 1 atom stereocenters. The highest BCUT2D eigenvalue weighted by Crippen LogP contribution is 2.30. The molecule has 1 aliphatic heterocycles. The zero-order chi connectivity index (χ0) is 19.3. The van der Waals surface area contributed by atoms with Gasteiger partial charge in [0.2, 0.25) is 5.91 Å². The number of carboxylic acids is 1. The molecular weight excluding hydrogens is 349 g/mol. The van der Waals surface area contributed by atoms with Gasteiger partial charge >= 0.3 is 12.1 Å². The van der Waals surface area contributed by atoms with Gasteiger partial charge in [0.25, 0.3) is 0 Å². The number of likely N-dealkylation sites (tertiary alicyclic amines) is 1. The third-order valence-corrected chi connectivity index (χ3v) is 4.60. The van der Waals surface area contributed by atoms with Crippen molar-refractivity contribution in [3.8, 4) is 0 Å². The minimum atomic E-state index is -4.36. The first-order chi connectivity index (χ1) is 12.2. The predicted molar refractivity (Wildman–Crippen MR) is 89.4 cm³/mol. The van der Waals surface area contributed by atoms with Crippen LogP contribution in [0.2, 0.25) is 0 Å². The van der Waals surface area contributed by atoms with Crippen LogP contribution in [0.1, 0.15) is 37.3 Å². The lowest BCUT2D eigenvalue weighted by molar-refractivity contribution is -0.145. The summed E-state index contributed by atoms with van der Waals surface area (Å²) in [6.07, 6.45) is -2.32. The van der Waals surface area contributed by atoms with Gasteiger partial charge in [0.15, 0.2) is 0 Å². The molecule has 1 saturated heterocycles. The van der Waals surface area contributed by atoms with Crippen molar-refractivity contribution in [3.05, 3.63) is 35.4 Å². The summed E-state index contributed by atoms with van der Waals surface area (Å²) in [7, 11) is 0. The second-order valence-corrected chi connectivity index (χ2v) is 6.60. The van der Waals surface area contributed by atoms with E-state index in [2.05, 4.69) is 4.90 Å². The van der Waals surface area contributed by atoms with E-state index in [1.54, 1.807) is 6.07 Å². The summed E-state index contributed by atoms with van der Waals surface area (Å²) in [5.41, 5.74) is -0.0702. The SMILES string of the molecule is CC(=O)N(CC(=O)O)[C@H]1CCCN(Cc2cccc(C(F)(F)F)c2)CC1. The van der Waals surface area contributed by atoms with Crippen molar-refractivity contribution in [2.75, 3.05) is 19.6 Å². The van der Waals surface area contributed by atoms with Crippen molar-refractivity contribution in [2.45, 2.75) is 44.9 Å². The quantitative estimate of drug-likeness (QED) is 0.863. The number of amides is 1. The number of nitrogens with zero attached hydrogens (tertiary/aromatic N) is 2. The summed E-state index contributed by atoms with van der Waals surface area (Å²) >= 11 is 0. The summed E-state index contributed by atoms with van der Waals surface area (Å²) in [4.78, 5) is 26.1. The first-order valence-electron chi connectivity index (χ1n) is 8.54. The molecule has 1 amide bonds. The molecule has 1 aliphatic rings. The Morgan fingerprint density at radius 2 is 2.00 bits per heavy atom. The molecule has 26 heavy (non-hydrogen) atoms. The number of aliphatic carboxylic acids is 1. The highest BCUT2D eigenvalue weighted by Gasteiger charge is 2.31. The smallest absolute Gasteiger partial charge is 0.416 e. The first-order valence-corrected chi connectivity index (χ1v) is 8.54. The third kappa shape index (κ3) is 5.72. The van der Waals surface area contributed by atoms with E-state index in [-0.39, 0.29) is 18.5 Å². The van der Waals surface area contributed by atoms with E-state index < -0.39 is 17.7 Å². The number of carboxylic acid groups (broad SMARTS) is 1. The van der Waals surface area contributed by atoms with Gasteiger partial charge in [-0.1, -0.05) is 18.2 Å². The van der Waals surface area contributed by atoms with E-state index in [1.807, 2.05) is 0 Å². The number of halogens is 3. The Bertz CT molecular complexity index is 649. The fourth-order valence-corrected chi connectivity index (χ4v) is 3.36. The highest BCUT2D eigenvalue weighted by atomic mass is 19.4. The van der Waals surface area contributed by atoms with Gasteiger partial charge in [-0.3, -0.25) is 14.5 Å². The Labute approximate surface area is 150 Å². The van der Waals surface area contributed by atoms with E-state index in [0.717, 1.165) is 18.6 Å². The zero-order valence-electron chi connectivity index (χ0n) is 14.6. The van der Waals surface area contributed by atoms with Crippen molar-refractivity contribution in [2.24, 2.45) is 0 Å². The van der Waals surface area contributed by atoms with Crippen LogP contribution in [0.5, 0.6) is 0 Å². The molecule has 0 radical (unpaired) electrons. The molecule has 144 valence electrons. The molecule has 1 aromatic rings. The Kier molecular flexibility index (Phi) is 6.63. The van der Waals surface area contributed by atoms with Gasteiger partial charge in [0.1, 0.15) is 6.54 Å². The monoisotopic (exact) mass is 372 g/mol. The Balaban J connectivity index is 2.00. The molecule has 2 rings (SSSR count). The first kappa shape index (κ1) is 20.2. The molecule has 5 nitrogen and oxygen atoms in total. The molecule has 1 aromatic carbocycles. The van der Waals surface area contributed by atoms with Crippen molar-refractivity contribution >= 4 is 11.9 Å². The van der Waals surface area contributed by atoms with Crippen LogP contribution < -0.4 is 0 Å². The van der Waals surface area contributed by atoms with Gasteiger partial charge in [-0.05, 0) is 37.4 Å². The molecule has 1 fully saturated rings. The molecule has 1 N–H and O–H groups in total. The maximum atomic E-state index is 12.8. The van der Waals surface area contributed by atoms with Crippen LogP contribution in [0, 0.1) is 0 Å². The average Bonchev–Trinajstić information content (AvgIpc) is 2.77. The van der Waals surface area contributed by atoms with E-state index in [1.165, 1.54) is 17.9 Å². The molecule has 0 spiro atoms. The molecule has 0 aliphatic carbocycles. The van der Waals surface area contributed by atoms with Gasteiger partial charge in [-0.15, -0.1) is 0 Å². The van der Waals surface area contributed by atoms with Crippen molar-refractivity contribution in [3.63, 3.8) is 0 Å². The standard InChI is InChI=1S/C18H23F3N2O3/c1-13(24)23(12-17(25)26)16-6-3-8-22(9-7-16)11-14-4-2-5-15(10-14)18(19,20)21/h2,4-5,10,16H,3,6-9,11-12H2,1H3,(H,25,26)/t16-/m0/s1. The van der Waals surface area contributed by atoms with Gasteiger partial charge < -0.3 is 10.0 Å². The van der Waals surface area contributed by atoms with Crippen LogP contribution in [0.15, 0.2) is 24.3 Å². The maximum Gasteiger partial charge on any atom is 0.416 e. The van der Waals surface area contributed by atoms with E-state index in [4.69, 9.17) is 5.11 Å². The predicted octanol–water partition coefficient (Wildman–Crippen LogP) is 2.99. The fourth-order valence-electron chi connectivity index (χ4n) is 3.36. The van der Waals surface area contributed by atoms with Crippen molar-refractivity contribution < 1.29 is 27.9 Å². The maximum absolute atomic E-state index is 12.8.